The molecule has 0 aliphatic carbocycles. The van der Waals surface area contributed by atoms with E-state index in [1.54, 1.807) is 11.8 Å². The Kier molecular flexibility index (Phi) is 3.29. The molecule has 1 N–H and O–H groups in total. The molecule has 1 heterocycles. The van der Waals surface area contributed by atoms with E-state index in [-0.39, 0.29) is 0 Å². The minimum atomic E-state index is 0.994. The number of unbranched alkanes of at least 4 members (excludes halogenated alkanes) is 1. The number of rotatable bonds is 4. The van der Waals surface area contributed by atoms with Gasteiger partial charge in [0.15, 0.2) is 0 Å². The molecule has 0 fully saturated rings. The number of nitrogens with zero attached hydrogens (tertiary/aromatic N) is 2. The van der Waals surface area contributed by atoms with Crippen LogP contribution in [0.1, 0.15) is 19.8 Å². The van der Waals surface area contributed by atoms with Gasteiger partial charge in [-0.15, -0.1) is 16.9 Å². The van der Waals surface area contributed by atoms with Crippen LogP contribution in [0.3, 0.4) is 0 Å². The number of nitrogens with one attached hydrogen (secondary N) is 1. The summed E-state index contributed by atoms with van der Waals surface area (Å²) in [4.78, 5) is 0. The summed E-state index contributed by atoms with van der Waals surface area (Å²) in [5, 5.41) is 11.1. The summed E-state index contributed by atoms with van der Waals surface area (Å²) in [5.74, 6) is 1.14. The fourth-order valence-electron chi connectivity index (χ4n) is 0.583. The number of thioether (sulfide) groups is 1. The maximum Gasteiger partial charge on any atom is 0.138 e. The number of hydrogen-bond donors (Lipinski definition) is 1. The van der Waals surface area contributed by atoms with Gasteiger partial charge in [-0.25, -0.2) is 0 Å². The molecule has 0 bridgehead atoms. The lowest BCUT2D eigenvalue weighted by Crippen LogP contribution is -1.77. The van der Waals surface area contributed by atoms with Crippen molar-refractivity contribution in [1.29, 1.82) is 0 Å². The molecule has 0 unspecified atom stereocenters. The Morgan fingerprint density at radius 1 is 1.70 bits per heavy atom. The summed E-state index contributed by atoms with van der Waals surface area (Å²) >= 11 is 1.75. The van der Waals surface area contributed by atoms with Gasteiger partial charge < -0.3 is 0 Å². The first-order valence-corrected chi connectivity index (χ1v) is 4.41. The highest BCUT2D eigenvalue weighted by atomic mass is 32.2. The fraction of sp³-hybridized carbons (Fsp3) is 0.667. The summed E-state index contributed by atoms with van der Waals surface area (Å²) in [6, 6.07) is 0. The standard InChI is InChI=1S/C6H11N3S/c1-2-3-4-10-6-5-7-9-8-6/h5H,2-4H2,1H3,(H,7,8,9). The smallest absolute Gasteiger partial charge is 0.138 e. The van der Waals surface area contributed by atoms with Crippen molar-refractivity contribution in [3.05, 3.63) is 6.20 Å². The second-order valence-electron chi connectivity index (χ2n) is 2.01. The molecule has 1 aromatic heterocycles. The molecule has 0 atom stereocenters. The predicted octanol–water partition coefficient (Wildman–Crippen LogP) is 1.70. The molecule has 0 saturated carbocycles. The molecule has 4 heteroatoms. The molecule has 3 nitrogen and oxygen atoms in total. The van der Waals surface area contributed by atoms with Crippen molar-refractivity contribution in [1.82, 2.24) is 15.4 Å². The Bertz CT molecular complexity index is 162. The first kappa shape index (κ1) is 7.60. The maximum atomic E-state index is 3.85. The van der Waals surface area contributed by atoms with Crippen molar-refractivity contribution in [2.45, 2.75) is 24.8 Å². The third-order valence-electron chi connectivity index (χ3n) is 1.14. The zero-order chi connectivity index (χ0) is 7.23. The molecular weight excluding hydrogens is 146 g/mol. The van der Waals surface area contributed by atoms with Crippen LogP contribution in [0.15, 0.2) is 11.2 Å². The second-order valence-corrected chi connectivity index (χ2v) is 3.13. The maximum absolute atomic E-state index is 3.85. The summed E-state index contributed by atoms with van der Waals surface area (Å²) in [7, 11) is 0. The Morgan fingerprint density at radius 3 is 3.20 bits per heavy atom. The number of H-pyrrole nitrogens is 1. The summed E-state index contributed by atoms with van der Waals surface area (Å²) in [5.41, 5.74) is 0. The number of hydrogen-bond acceptors (Lipinski definition) is 3. The third kappa shape index (κ3) is 2.39. The van der Waals surface area contributed by atoms with E-state index in [0.717, 1.165) is 10.8 Å². The largest absolute Gasteiger partial charge is 0.264 e. The highest BCUT2D eigenvalue weighted by molar-refractivity contribution is 7.99. The average Bonchev–Trinajstić information content (AvgIpc) is 2.41. The Hall–Kier alpha value is -0.510. The minimum absolute atomic E-state index is 0.994. The fourth-order valence-corrected chi connectivity index (χ4v) is 1.46. The first-order valence-electron chi connectivity index (χ1n) is 3.42. The lowest BCUT2D eigenvalue weighted by Gasteiger charge is -1.91. The van der Waals surface area contributed by atoms with Crippen molar-refractivity contribution in [2.75, 3.05) is 5.75 Å². The van der Waals surface area contributed by atoms with E-state index in [0.29, 0.717) is 0 Å². The van der Waals surface area contributed by atoms with E-state index in [2.05, 4.69) is 22.3 Å². The quantitative estimate of drug-likeness (QED) is 0.534. The normalized spacial score (nSPS) is 10.1. The SMILES string of the molecule is CCCCSc1c[nH]nn1. The lowest BCUT2D eigenvalue weighted by molar-refractivity contribution is 0.888. The molecule has 1 aromatic rings. The van der Waals surface area contributed by atoms with Crippen LogP contribution in [0, 0.1) is 0 Å². The Morgan fingerprint density at radius 2 is 2.60 bits per heavy atom. The van der Waals surface area contributed by atoms with Crippen LogP contribution < -0.4 is 0 Å². The summed E-state index contributed by atoms with van der Waals surface area (Å²) in [6.45, 7) is 2.18. The van der Waals surface area contributed by atoms with E-state index in [4.69, 9.17) is 0 Å². The Labute approximate surface area is 64.6 Å². The molecular formula is C6H11N3S. The molecule has 0 saturated heterocycles. The first-order chi connectivity index (χ1) is 4.93. The van der Waals surface area contributed by atoms with Crippen LogP contribution in [-0.2, 0) is 0 Å². The molecule has 10 heavy (non-hydrogen) atoms. The number of aromatic nitrogens is 3. The Balaban J connectivity index is 2.15. The lowest BCUT2D eigenvalue weighted by atomic mass is 10.4. The molecule has 0 aliphatic heterocycles. The van der Waals surface area contributed by atoms with Crippen molar-refractivity contribution in [3.63, 3.8) is 0 Å². The minimum Gasteiger partial charge on any atom is -0.264 e. The van der Waals surface area contributed by atoms with Crippen molar-refractivity contribution >= 4 is 11.8 Å². The monoisotopic (exact) mass is 157 g/mol. The van der Waals surface area contributed by atoms with E-state index in [1.165, 1.54) is 12.8 Å². The van der Waals surface area contributed by atoms with Gasteiger partial charge in [0.05, 0.1) is 6.20 Å². The van der Waals surface area contributed by atoms with E-state index in [1.807, 2.05) is 6.20 Å². The molecule has 56 valence electrons. The van der Waals surface area contributed by atoms with Crippen LogP contribution in [0.25, 0.3) is 0 Å². The highest BCUT2D eigenvalue weighted by Crippen LogP contribution is 2.13. The highest BCUT2D eigenvalue weighted by Gasteiger charge is 1.93. The van der Waals surface area contributed by atoms with Gasteiger partial charge >= 0.3 is 0 Å². The number of aromatic amines is 1. The van der Waals surface area contributed by atoms with E-state index < -0.39 is 0 Å². The van der Waals surface area contributed by atoms with E-state index >= 15 is 0 Å². The summed E-state index contributed by atoms with van der Waals surface area (Å²) < 4.78 is 0. The van der Waals surface area contributed by atoms with Gasteiger partial charge in [-0.1, -0.05) is 18.6 Å². The molecule has 0 spiro atoms. The van der Waals surface area contributed by atoms with E-state index in [9.17, 15) is 0 Å². The van der Waals surface area contributed by atoms with Crippen LogP contribution in [0.5, 0.6) is 0 Å². The van der Waals surface area contributed by atoms with Crippen molar-refractivity contribution in [2.24, 2.45) is 0 Å². The predicted molar refractivity (Wildman–Crippen MR) is 42.0 cm³/mol. The molecule has 0 radical (unpaired) electrons. The van der Waals surface area contributed by atoms with Gasteiger partial charge in [-0.2, -0.15) is 0 Å². The van der Waals surface area contributed by atoms with Gasteiger partial charge in [0, 0.05) is 0 Å². The van der Waals surface area contributed by atoms with Crippen LogP contribution in [0.4, 0.5) is 0 Å². The second kappa shape index (κ2) is 4.33. The third-order valence-corrected chi connectivity index (χ3v) is 2.13. The zero-order valence-corrected chi connectivity index (χ0v) is 6.82. The van der Waals surface area contributed by atoms with Gasteiger partial charge in [-0.05, 0) is 12.2 Å². The molecule has 0 aliphatic rings. The van der Waals surface area contributed by atoms with Crippen LogP contribution >= 0.6 is 11.8 Å². The zero-order valence-electron chi connectivity index (χ0n) is 6.00. The molecule has 0 aromatic carbocycles. The van der Waals surface area contributed by atoms with Gasteiger partial charge in [0.2, 0.25) is 0 Å². The van der Waals surface area contributed by atoms with Gasteiger partial charge in [-0.3, -0.25) is 5.10 Å². The molecule has 1 rings (SSSR count). The van der Waals surface area contributed by atoms with Gasteiger partial charge in [0.1, 0.15) is 5.03 Å². The van der Waals surface area contributed by atoms with Crippen LogP contribution in [-0.4, -0.2) is 21.2 Å². The summed E-state index contributed by atoms with van der Waals surface area (Å²) in [6.07, 6.45) is 4.31. The van der Waals surface area contributed by atoms with Crippen molar-refractivity contribution in [3.8, 4) is 0 Å². The topological polar surface area (TPSA) is 41.6 Å². The van der Waals surface area contributed by atoms with Crippen LogP contribution in [0.2, 0.25) is 0 Å². The van der Waals surface area contributed by atoms with Gasteiger partial charge in [0.25, 0.3) is 0 Å². The average molecular weight is 157 g/mol. The van der Waals surface area contributed by atoms with Crippen molar-refractivity contribution < 1.29 is 0 Å². The molecule has 0 amide bonds.